The van der Waals surface area contributed by atoms with Crippen LogP contribution in [0.2, 0.25) is 0 Å². The van der Waals surface area contributed by atoms with Gasteiger partial charge in [-0.1, -0.05) is 25.0 Å². The van der Waals surface area contributed by atoms with Crippen LogP contribution in [0.1, 0.15) is 62.1 Å². The zero-order valence-corrected chi connectivity index (χ0v) is 14.0. The standard InChI is InChI=1S/C19H23N3O2/c1-2-24-15-9-5-6-13(10-15)16-11-18(23)21-19-17(16)12-20-22(19)14-7-3-4-8-14/h5-6,9-10,12,14,16H,2-4,7-8,11H2,1H3,(H,21,23)/t16-/m1/s1. The minimum absolute atomic E-state index is 0.0457. The summed E-state index contributed by atoms with van der Waals surface area (Å²) in [6.45, 7) is 2.62. The van der Waals surface area contributed by atoms with Gasteiger partial charge in [0.05, 0.1) is 18.8 Å². The van der Waals surface area contributed by atoms with E-state index in [0.29, 0.717) is 19.1 Å². The van der Waals surface area contributed by atoms with Gasteiger partial charge in [0.1, 0.15) is 11.6 Å². The first-order valence-electron chi connectivity index (χ1n) is 8.86. The van der Waals surface area contributed by atoms with E-state index in [2.05, 4.69) is 16.5 Å². The number of fused-ring (bicyclic) bond motifs is 1. The maximum Gasteiger partial charge on any atom is 0.226 e. The molecule has 5 nitrogen and oxygen atoms in total. The van der Waals surface area contributed by atoms with Crippen LogP contribution in [0, 0.1) is 0 Å². The van der Waals surface area contributed by atoms with E-state index in [1.165, 1.54) is 12.8 Å². The normalized spacial score (nSPS) is 20.7. The summed E-state index contributed by atoms with van der Waals surface area (Å²) in [7, 11) is 0. The molecule has 1 amide bonds. The van der Waals surface area contributed by atoms with Crippen LogP contribution in [0.4, 0.5) is 5.82 Å². The molecular formula is C19H23N3O2. The van der Waals surface area contributed by atoms with Crippen LogP contribution in [-0.2, 0) is 4.79 Å². The summed E-state index contributed by atoms with van der Waals surface area (Å²) >= 11 is 0. The number of anilines is 1. The molecule has 1 aromatic carbocycles. The molecule has 1 N–H and O–H groups in total. The van der Waals surface area contributed by atoms with Gasteiger partial charge in [-0.2, -0.15) is 5.10 Å². The van der Waals surface area contributed by atoms with Crippen molar-refractivity contribution in [2.75, 3.05) is 11.9 Å². The van der Waals surface area contributed by atoms with Crippen LogP contribution in [0.3, 0.4) is 0 Å². The quantitative estimate of drug-likeness (QED) is 0.928. The average Bonchev–Trinajstić information content (AvgIpc) is 3.23. The van der Waals surface area contributed by atoms with Gasteiger partial charge >= 0.3 is 0 Å². The number of carbonyl (C=O) groups excluding carboxylic acids is 1. The lowest BCUT2D eigenvalue weighted by Crippen LogP contribution is -2.25. The largest absolute Gasteiger partial charge is 0.494 e. The van der Waals surface area contributed by atoms with Gasteiger partial charge in [0.25, 0.3) is 0 Å². The Morgan fingerprint density at radius 2 is 2.17 bits per heavy atom. The third-order valence-corrected chi connectivity index (χ3v) is 5.09. The Morgan fingerprint density at radius 1 is 1.33 bits per heavy atom. The summed E-state index contributed by atoms with van der Waals surface area (Å²) in [6, 6.07) is 8.49. The third-order valence-electron chi connectivity index (χ3n) is 5.09. The molecule has 0 saturated heterocycles. The first kappa shape index (κ1) is 15.2. The number of carbonyl (C=O) groups is 1. The highest BCUT2D eigenvalue weighted by Gasteiger charge is 2.32. The van der Waals surface area contributed by atoms with Gasteiger partial charge in [0.2, 0.25) is 5.91 Å². The van der Waals surface area contributed by atoms with Gasteiger partial charge in [-0.25, -0.2) is 4.68 Å². The van der Waals surface area contributed by atoms with Gasteiger partial charge in [-0.3, -0.25) is 4.79 Å². The molecule has 0 bridgehead atoms. The first-order valence-corrected chi connectivity index (χ1v) is 8.86. The van der Waals surface area contributed by atoms with Gasteiger partial charge in [0.15, 0.2) is 0 Å². The summed E-state index contributed by atoms with van der Waals surface area (Å²) in [5.41, 5.74) is 2.23. The monoisotopic (exact) mass is 325 g/mol. The van der Waals surface area contributed by atoms with Crippen LogP contribution in [0.25, 0.3) is 0 Å². The Bertz CT molecular complexity index is 747. The molecule has 2 aromatic rings. The summed E-state index contributed by atoms with van der Waals surface area (Å²) in [5, 5.41) is 7.67. The number of hydrogen-bond acceptors (Lipinski definition) is 3. The second kappa shape index (κ2) is 6.30. The summed E-state index contributed by atoms with van der Waals surface area (Å²) in [6.07, 6.45) is 7.17. The number of nitrogens with zero attached hydrogens (tertiary/aromatic N) is 2. The van der Waals surface area contributed by atoms with E-state index in [1.54, 1.807) is 0 Å². The average molecular weight is 325 g/mol. The molecule has 24 heavy (non-hydrogen) atoms. The number of nitrogens with one attached hydrogen (secondary N) is 1. The number of benzene rings is 1. The number of amides is 1. The minimum atomic E-state index is 0.0457. The van der Waals surface area contributed by atoms with Gasteiger partial charge in [-0.05, 0) is 37.5 Å². The molecular weight excluding hydrogens is 302 g/mol. The van der Waals surface area contributed by atoms with Gasteiger partial charge in [-0.15, -0.1) is 0 Å². The second-order valence-corrected chi connectivity index (χ2v) is 6.64. The summed E-state index contributed by atoms with van der Waals surface area (Å²) in [5.74, 6) is 1.86. The first-order chi connectivity index (χ1) is 11.8. The molecule has 0 radical (unpaired) electrons. The Balaban J connectivity index is 1.71. The Hall–Kier alpha value is -2.30. The van der Waals surface area contributed by atoms with Crippen molar-refractivity contribution in [2.24, 2.45) is 0 Å². The minimum Gasteiger partial charge on any atom is -0.494 e. The lowest BCUT2D eigenvalue weighted by Gasteiger charge is -2.25. The lowest BCUT2D eigenvalue weighted by molar-refractivity contribution is -0.116. The predicted molar refractivity (Wildman–Crippen MR) is 92.4 cm³/mol. The van der Waals surface area contributed by atoms with Crippen LogP contribution in [0.5, 0.6) is 5.75 Å². The third kappa shape index (κ3) is 2.68. The van der Waals surface area contributed by atoms with E-state index < -0.39 is 0 Å². The van der Waals surface area contributed by atoms with Crippen LogP contribution >= 0.6 is 0 Å². The Labute approximate surface area is 142 Å². The lowest BCUT2D eigenvalue weighted by atomic mass is 9.87. The van der Waals surface area contributed by atoms with Crippen molar-refractivity contribution in [3.05, 3.63) is 41.6 Å². The molecule has 0 spiro atoms. The fraction of sp³-hybridized carbons (Fsp3) is 0.474. The van der Waals surface area contributed by atoms with Gasteiger partial charge < -0.3 is 10.1 Å². The van der Waals surface area contributed by atoms with E-state index in [9.17, 15) is 4.79 Å². The molecule has 1 aliphatic carbocycles. The highest BCUT2D eigenvalue weighted by atomic mass is 16.5. The van der Waals surface area contributed by atoms with Crippen LogP contribution in [-0.4, -0.2) is 22.3 Å². The molecule has 1 fully saturated rings. The summed E-state index contributed by atoms with van der Waals surface area (Å²) < 4.78 is 7.66. The number of aromatic nitrogens is 2. The Kier molecular flexibility index (Phi) is 4.00. The maximum absolute atomic E-state index is 12.3. The number of rotatable bonds is 4. The fourth-order valence-corrected chi connectivity index (χ4v) is 3.95. The molecule has 2 heterocycles. The van der Waals surface area contributed by atoms with E-state index in [1.807, 2.05) is 36.0 Å². The Morgan fingerprint density at radius 3 is 2.96 bits per heavy atom. The van der Waals surface area contributed by atoms with Crippen LogP contribution < -0.4 is 10.1 Å². The van der Waals surface area contributed by atoms with Crippen molar-refractivity contribution < 1.29 is 9.53 Å². The smallest absolute Gasteiger partial charge is 0.226 e. The van der Waals surface area contributed by atoms with Gasteiger partial charge in [0, 0.05) is 17.9 Å². The van der Waals surface area contributed by atoms with Crippen molar-refractivity contribution in [1.82, 2.24) is 9.78 Å². The summed E-state index contributed by atoms with van der Waals surface area (Å²) in [4.78, 5) is 12.3. The molecule has 5 heteroatoms. The maximum atomic E-state index is 12.3. The zero-order chi connectivity index (χ0) is 16.5. The molecule has 1 saturated carbocycles. The predicted octanol–water partition coefficient (Wildman–Crippen LogP) is 3.87. The fourth-order valence-electron chi connectivity index (χ4n) is 3.95. The van der Waals surface area contributed by atoms with E-state index >= 15 is 0 Å². The molecule has 126 valence electrons. The van der Waals surface area contributed by atoms with Crippen molar-refractivity contribution in [3.63, 3.8) is 0 Å². The molecule has 1 atom stereocenters. The van der Waals surface area contributed by atoms with Crippen molar-refractivity contribution in [3.8, 4) is 5.75 Å². The topological polar surface area (TPSA) is 56.1 Å². The molecule has 2 aliphatic rings. The van der Waals surface area contributed by atoms with Crippen LogP contribution in [0.15, 0.2) is 30.5 Å². The number of ether oxygens (including phenoxy) is 1. The van der Waals surface area contributed by atoms with E-state index in [-0.39, 0.29) is 11.8 Å². The number of hydrogen-bond donors (Lipinski definition) is 1. The second-order valence-electron chi connectivity index (χ2n) is 6.64. The molecule has 1 aromatic heterocycles. The van der Waals surface area contributed by atoms with E-state index in [0.717, 1.165) is 35.5 Å². The highest BCUT2D eigenvalue weighted by Crippen LogP contribution is 2.41. The molecule has 1 aliphatic heterocycles. The molecule has 0 unspecified atom stereocenters. The van der Waals surface area contributed by atoms with Crippen molar-refractivity contribution in [1.29, 1.82) is 0 Å². The van der Waals surface area contributed by atoms with E-state index in [4.69, 9.17) is 4.74 Å². The molecule has 4 rings (SSSR count). The van der Waals surface area contributed by atoms with Crippen molar-refractivity contribution in [2.45, 2.75) is 51.0 Å². The van der Waals surface area contributed by atoms with Crippen molar-refractivity contribution >= 4 is 11.7 Å². The highest BCUT2D eigenvalue weighted by molar-refractivity contribution is 5.94. The zero-order valence-electron chi connectivity index (χ0n) is 14.0. The SMILES string of the molecule is CCOc1cccc([C@H]2CC(=O)Nc3c2cnn3C2CCCC2)c1.